The first-order valence-electron chi connectivity index (χ1n) is 5.18. The van der Waals surface area contributed by atoms with E-state index in [2.05, 4.69) is 4.98 Å². The maximum atomic E-state index is 13.2. The molecule has 3 nitrogen and oxygen atoms in total. The van der Waals surface area contributed by atoms with Crippen LogP contribution in [-0.4, -0.2) is 4.98 Å². The number of nitrogens with two attached hydrogens (primary N) is 1. The van der Waals surface area contributed by atoms with Crippen LogP contribution in [0, 0.1) is 12.7 Å². The van der Waals surface area contributed by atoms with Gasteiger partial charge in [-0.1, -0.05) is 23.7 Å². The van der Waals surface area contributed by atoms with Crippen LogP contribution in [0.4, 0.5) is 4.39 Å². The molecule has 1 aromatic heterocycles. The summed E-state index contributed by atoms with van der Waals surface area (Å²) in [7, 11) is 0. The van der Waals surface area contributed by atoms with Crippen molar-refractivity contribution in [2.45, 2.75) is 19.4 Å². The summed E-state index contributed by atoms with van der Waals surface area (Å²) < 4.78 is 18.3. The summed E-state index contributed by atoms with van der Waals surface area (Å²) in [6, 6.07) is 4.32. The molecule has 0 fully saturated rings. The Morgan fingerprint density at radius 3 is 2.94 bits per heavy atom. The van der Waals surface area contributed by atoms with Crippen molar-refractivity contribution in [3.8, 4) is 0 Å². The number of aryl methyl sites for hydroxylation is 1. The van der Waals surface area contributed by atoms with E-state index in [1.807, 2.05) is 0 Å². The first-order valence-corrected chi connectivity index (χ1v) is 5.56. The number of nitrogens with zero attached hydrogens (tertiary/aromatic N) is 1. The van der Waals surface area contributed by atoms with Gasteiger partial charge in [0.2, 0.25) is 0 Å². The number of hydrogen-bond donors (Lipinski definition) is 1. The Hall–Kier alpha value is -1.39. The Morgan fingerprint density at radius 1 is 1.53 bits per heavy atom. The van der Waals surface area contributed by atoms with E-state index in [1.54, 1.807) is 19.1 Å². The predicted octanol–water partition coefficient (Wildman–Crippen LogP) is 3.02. The average Bonchev–Trinajstić information content (AvgIpc) is 2.72. The van der Waals surface area contributed by atoms with Crippen molar-refractivity contribution in [1.82, 2.24) is 4.98 Å². The highest BCUT2D eigenvalue weighted by molar-refractivity contribution is 6.31. The minimum absolute atomic E-state index is 0.114. The van der Waals surface area contributed by atoms with E-state index < -0.39 is 5.82 Å². The van der Waals surface area contributed by atoms with E-state index >= 15 is 0 Å². The molecule has 1 heterocycles. The van der Waals surface area contributed by atoms with Gasteiger partial charge in [-0.15, -0.1) is 0 Å². The topological polar surface area (TPSA) is 52.0 Å². The lowest BCUT2D eigenvalue weighted by atomic mass is 10.0. The highest BCUT2D eigenvalue weighted by Crippen LogP contribution is 2.24. The molecule has 0 saturated heterocycles. The molecule has 1 atom stereocenters. The van der Waals surface area contributed by atoms with E-state index in [1.165, 1.54) is 12.3 Å². The van der Waals surface area contributed by atoms with Crippen LogP contribution in [0.25, 0.3) is 0 Å². The molecule has 1 unspecified atom stereocenters. The van der Waals surface area contributed by atoms with Gasteiger partial charge in [0.05, 0.1) is 16.8 Å². The van der Waals surface area contributed by atoms with Crippen molar-refractivity contribution in [3.05, 3.63) is 52.5 Å². The Kier molecular flexibility index (Phi) is 3.45. The molecule has 0 spiro atoms. The van der Waals surface area contributed by atoms with Gasteiger partial charge in [-0.25, -0.2) is 9.37 Å². The molecule has 0 radical (unpaired) electrons. The molecule has 0 aliphatic rings. The van der Waals surface area contributed by atoms with E-state index in [9.17, 15) is 4.39 Å². The van der Waals surface area contributed by atoms with Crippen molar-refractivity contribution >= 4 is 11.6 Å². The number of halogens is 2. The van der Waals surface area contributed by atoms with Crippen LogP contribution in [-0.2, 0) is 6.42 Å². The first kappa shape index (κ1) is 12.1. The van der Waals surface area contributed by atoms with Gasteiger partial charge in [-0.05, 0) is 18.1 Å². The van der Waals surface area contributed by atoms with Gasteiger partial charge in [0, 0.05) is 6.92 Å². The fourth-order valence-corrected chi connectivity index (χ4v) is 1.80. The van der Waals surface area contributed by atoms with Crippen molar-refractivity contribution < 1.29 is 8.81 Å². The second kappa shape index (κ2) is 4.85. The number of benzene rings is 1. The summed E-state index contributed by atoms with van der Waals surface area (Å²) in [6.07, 6.45) is 1.93. The SMILES string of the molecule is Cc1nc(C(N)Cc2cccc(F)c2Cl)co1. The normalized spacial score (nSPS) is 12.7. The summed E-state index contributed by atoms with van der Waals surface area (Å²) >= 11 is 5.86. The predicted molar refractivity (Wildman–Crippen MR) is 63.3 cm³/mol. The second-order valence-corrected chi connectivity index (χ2v) is 4.19. The third kappa shape index (κ3) is 2.65. The Balaban J connectivity index is 2.18. The molecule has 0 aliphatic heterocycles. The monoisotopic (exact) mass is 254 g/mol. The van der Waals surface area contributed by atoms with Crippen LogP contribution < -0.4 is 5.73 Å². The van der Waals surface area contributed by atoms with E-state index in [0.717, 1.165) is 0 Å². The molecule has 5 heteroatoms. The number of hydrogen-bond acceptors (Lipinski definition) is 3. The summed E-state index contributed by atoms with van der Waals surface area (Å²) in [5, 5.41) is 0.114. The van der Waals surface area contributed by atoms with Crippen LogP contribution in [0.3, 0.4) is 0 Å². The maximum absolute atomic E-state index is 13.2. The molecule has 17 heavy (non-hydrogen) atoms. The quantitative estimate of drug-likeness (QED) is 0.916. The lowest BCUT2D eigenvalue weighted by Gasteiger charge is -2.10. The van der Waals surface area contributed by atoms with Crippen LogP contribution in [0.15, 0.2) is 28.9 Å². The van der Waals surface area contributed by atoms with Crippen LogP contribution in [0.5, 0.6) is 0 Å². The molecular formula is C12H12ClFN2O. The zero-order chi connectivity index (χ0) is 12.4. The van der Waals surface area contributed by atoms with E-state index in [4.69, 9.17) is 21.8 Å². The summed E-state index contributed by atoms with van der Waals surface area (Å²) in [6.45, 7) is 1.74. The maximum Gasteiger partial charge on any atom is 0.191 e. The number of rotatable bonds is 3. The van der Waals surface area contributed by atoms with Gasteiger partial charge in [-0.2, -0.15) is 0 Å². The molecule has 2 N–H and O–H groups in total. The van der Waals surface area contributed by atoms with Crippen LogP contribution >= 0.6 is 11.6 Å². The Morgan fingerprint density at radius 2 is 2.29 bits per heavy atom. The van der Waals surface area contributed by atoms with Gasteiger partial charge in [0.25, 0.3) is 0 Å². The second-order valence-electron chi connectivity index (χ2n) is 3.81. The molecule has 0 saturated carbocycles. The Bertz CT molecular complexity index is 527. The molecule has 0 bridgehead atoms. The summed E-state index contributed by atoms with van der Waals surface area (Å²) in [4.78, 5) is 4.13. The molecule has 0 aliphatic carbocycles. The van der Waals surface area contributed by atoms with Gasteiger partial charge < -0.3 is 10.2 Å². The Labute approximate surface area is 103 Å². The van der Waals surface area contributed by atoms with E-state index in [0.29, 0.717) is 23.6 Å². The molecule has 90 valence electrons. The van der Waals surface area contributed by atoms with Crippen LogP contribution in [0.1, 0.15) is 23.2 Å². The van der Waals surface area contributed by atoms with Crippen LogP contribution in [0.2, 0.25) is 5.02 Å². The lowest BCUT2D eigenvalue weighted by Crippen LogP contribution is -2.14. The third-order valence-corrected chi connectivity index (χ3v) is 2.91. The van der Waals surface area contributed by atoms with Gasteiger partial charge in [0.15, 0.2) is 5.89 Å². The zero-order valence-corrected chi connectivity index (χ0v) is 10.0. The van der Waals surface area contributed by atoms with Gasteiger partial charge in [-0.3, -0.25) is 0 Å². The van der Waals surface area contributed by atoms with E-state index in [-0.39, 0.29) is 11.1 Å². The largest absolute Gasteiger partial charge is 0.449 e. The summed E-state index contributed by atoms with van der Waals surface area (Å²) in [5.74, 6) is 0.119. The fourth-order valence-electron chi connectivity index (χ4n) is 1.60. The molecule has 0 amide bonds. The minimum atomic E-state index is -0.437. The average molecular weight is 255 g/mol. The smallest absolute Gasteiger partial charge is 0.191 e. The van der Waals surface area contributed by atoms with Crippen molar-refractivity contribution in [2.75, 3.05) is 0 Å². The van der Waals surface area contributed by atoms with Gasteiger partial charge in [0.1, 0.15) is 12.1 Å². The van der Waals surface area contributed by atoms with Crippen molar-refractivity contribution in [1.29, 1.82) is 0 Å². The number of oxazole rings is 1. The van der Waals surface area contributed by atoms with Crippen molar-refractivity contribution in [2.24, 2.45) is 5.73 Å². The van der Waals surface area contributed by atoms with Gasteiger partial charge >= 0.3 is 0 Å². The lowest BCUT2D eigenvalue weighted by molar-refractivity contribution is 0.519. The highest BCUT2D eigenvalue weighted by atomic mass is 35.5. The third-order valence-electron chi connectivity index (χ3n) is 2.49. The number of aromatic nitrogens is 1. The fraction of sp³-hybridized carbons (Fsp3) is 0.250. The highest BCUT2D eigenvalue weighted by Gasteiger charge is 2.14. The molecule has 1 aromatic carbocycles. The van der Waals surface area contributed by atoms with Crippen molar-refractivity contribution in [3.63, 3.8) is 0 Å². The molecule has 2 rings (SSSR count). The zero-order valence-electron chi connectivity index (χ0n) is 9.28. The first-order chi connectivity index (χ1) is 8.08. The molecular weight excluding hydrogens is 243 g/mol. The summed E-state index contributed by atoms with van der Waals surface area (Å²) in [5.41, 5.74) is 7.26. The standard InChI is InChI=1S/C12H12ClFN2O/c1-7-16-11(6-17-7)10(15)5-8-3-2-4-9(14)12(8)13/h2-4,6,10H,5,15H2,1H3. The minimum Gasteiger partial charge on any atom is -0.449 e. The molecule has 2 aromatic rings.